The lowest BCUT2D eigenvalue weighted by Gasteiger charge is -2.45. The van der Waals surface area contributed by atoms with Gasteiger partial charge in [0, 0.05) is 33.2 Å². The van der Waals surface area contributed by atoms with Gasteiger partial charge < -0.3 is 5.73 Å². The fourth-order valence-corrected chi connectivity index (χ4v) is 4.00. The third-order valence-corrected chi connectivity index (χ3v) is 6.47. The van der Waals surface area contributed by atoms with Crippen molar-refractivity contribution in [2.24, 2.45) is 11.7 Å². The predicted octanol–water partition coefficient (Wildman–Crippen LogP) is 1.02. The highest BCUT2D eigenvalue weighted by Gasteiger charge is 2.43. The predicted molar refractivity (Wildman–Crippen MR) is 74.4 cm³/mol. The molecule has 1 rings (SSSR count). The molecule has 108 valence electrons. The molecule has 0 unspecified atom stereocenters. The van der Waals surface area contributed by atoms with Gasteiger partial charge in [-0.05, 0) is 31.6 Å². The SMILES string of the molecule is CCC1CCC(CN)(N(C)S(=O)(=O)N(C)C)CC1. The summed E-state index contributed by atoms with van der Waals surface area (Å²) in [6.45, 7) is 2.59. The third kappa shape index (κ3) is 2.87. The maximum Gasteiger partial charge on any atom is 0.281 e. The van der Waals surface area contributed by atoms with Crippen molar-refractivity contribution in [1.29, 1.82) is 0 Å². The van der Waals surface area contributed by atoms with Crippen LogP contribution in [0.4, 0.5) is 0 Å². The molecule has 0 aromatic heterocycles. The second-order valence-electron chi connectivity index (χ2n) is 5.54. The van der Waals surface area contributed by atoms with Crippen molar-refractivity contribution in [3.05, 3.63) is 0 Å². The molecule has 6 heteroatoms. The van der Waals surface area contributed by atoms with Gasteiger partial charge in [-0.2, -0.15) is 17.0 Å². The molecule has 1 aliphatic rings. The summed E-state index contributed by atoms with van der Waals surface area (Å²) in [5.41, 5.74) is 5.50. The minimum atomic E-state index is -3.38. The number of likely N-dealkylation sites (N-methyl/N-ethyl adjacent to an activating group) is 1. The van der Waals surface area contributed by atoms with Crippen LogP contribution < -0.4 is 5.73 Å². The Labute approximate surface area is 112 Å². The van der Waals surface area contributed by atoms with E-state index in [0.717, 1.165) is 31.6 Å². The van der Waals surface area contributed by atoms with Crippen molar-refractivity contribution in [1.82, 2.24) is 8.61 Å². The van der Waals surface area contributed by atoms with E-state index in [2.05, 4.69) is 6.92 Å². The number of hydrogen-bond donors (Lipinski definition) is 1. The Morgan fingerprint density at radius 3 is 2.06 bits per heavy atom. The minimum Gasteiger partial charge on any atom is -0.329 e. The van der Waals surface area contributed by atoms with Crippen molar-refractivity contribution in [3.8, 4) is 0 Å². The van der Waals surface area contributed by atoms with E-state index < -0.39 is 15.7 Å². The van der Waals surface area contributed by atoms with Crippen LogP contribution in [-0.4, -0.2) is 50.3 Å². The molecular formula is C12H27N3O2S. The molecule has 2 N–H and O–H groups in total. The van der Waals surface area contributed by atoms with Gasteiger partial charge in [0.25, 0.3) is 10.2 Å². The molecule has 1 aliphatic carbocycles. The molecule has 5 nitrogen and oxygen atoms in total. The zero-order valence-electron chi connectivity index (χ0n) is 12.0. The van der Waals surface area contributed by atoms with Gasteiger partial charge in [-0.1, -0.05) is 13.3 Å². The Bertz CT molecular complexity index is 360. The quantitative estimate of drug-likeness (QED) is 0.816. The smallest absolute Gasteiger partial charge is 0.281 e. The van der Waals surface area contributed by atoms with Crippen molar-refractivity contribution >= 4 is 10.2 Å². The van der Waals surface area contributed by atoms with E-state index in [1.807, 2.05) is 0 Å². The zero-order chi connectivity index (χ0) is 14.0. The molecule has 0 aliphatic heterocycles. The highest BCUT2D eigenvalue weighted by atomic mass is 32.2. The highest BCUT2D eigenvalue weighted by molar-refractivity contribution is 7.86. The van der Waals surface area contributed by atoms with Crippen LogP contribution in [0.2, 0.25) is 0 Å². The maximum atomic E-state index is 12.2. The van der Waals surface area contributed by atoms with Gasteiger partial charge in [0.15, 0.2) is 0 Å². The molecular weight excluding hydrogens is 250 g/mol. The van der Waals surface area contributed by atoms with Crippen LogP contribution in [0.15, 0.2) is 0 Å². The number of nitrogens with two attached hydrogens (primary N) is 1. The van der Waals surface area contributed by atoms with E-state index in [4.69, 9.17) is 5.73 Å². The van der Waals surface area contributed by atoms with Crippen LogP contribution in [0.3, 0.4) is 0 Å². The van der Waals surface area contributed by atoms with Gasteiger partial charge >= 0.3 is 0 Å². The van der Waals surface area contributed by atoms with Crippen molar-refractivity contribution in [2.75, 3.05) is 27.7 Å². The molecule has 1 saturated carbocycles. The first-order valence-electron chi connectivity index (χ1n) is 6.66. The van der Waals surface area contributed by atoms with Gasteiger partial charge in [-0.3, -0.25) is 0 Å². The van der Waals surface area contributed by atoms with Crippen molar-refractivity contribution in [2.45, 2.75) is 44.6 Å². The molecule has 0 amide bonds. The van der Waals surface area contributed by atoms with Gasteiger partial charge in [-0.15, -0.1) is 0 Å². The first-order chi connectivity index (χ1) is 8.30. The van der Waals surface area contributed by atoms with Crippen molar-refractivity contribution in [3.63, 3.8) is 0 Å². The Balaban J connectivity index is 2.90. The van der Waals surface area contributed by atoms with Crippen LogP contribution in [-0.2, 0) is 10.2 Å². The fourth-order valence-electron chi connectivity index (χ4n) is 2.76. The molecule has 18 heavy (non-hydrogen) atoms. The summed E-state index contributed by atoms with van der Waals surface area (Å²) < 4.78 is 27.2. The third-order valence-electron chi connectivity index (χ3n) is 4.47. The van der Waals surface area contributed by atoms with E-state index in [-0.39, 0.29) is 0 Å². The number of nitrogens with zero attached hydrogens (tertiary/aromatic N) is 2. The Morgan fingerprint density at radius 2 is 1.72 bits per heavy atom. The van der Waals surface area contributed by atoms with E-state index in [9.17, 15) is 8.42 Å². The summed E-state index contributed by atoms with van der Waals surface area (Å²) in [5, 5.41) is 0. The molecule has 0 radical (unpaired) electrons. The van der Waals surface area contributed by atoms with Crippen molar-refractivity contribution < 1.29 is 8.42 Å². The molecule has 0 spiro atoms. The Kier molecular flexibility index (Phi) is 5.17. The largest absolute Gasteiger partial charge is 0.329 e. The molecule has 0 bridgehead atoms. The van der Waals surface area contributed by atoms with Crippen LogP contribution in [0.5, 0.6) is 0 Å². The molecule has 0 heterocycles. The summed E-state index contributed by atoms with van der Waals surface area (Å²) in [5.74, 6) is 0.722. The average Bonchev–Trinajstić information content (AvgIpc) is 2.37. The van der Waals surface area contributed by atoms with Gasteiger partial charge in [0.1, 0.15) is 0 Å². The molecule has 0 aromatic rings. The standard InChI is InChI=1S/C12H27N3O2S/c1-5-11-6-8-12(10-13,9-7-11)15(4)18(16,17)14(2)3/h11H,5-10,13H2,1-4H3. The van der Waals surface area contributed by atoms with E-state index in [1.165, 1.54) is 15.0 Å². The lowest BCUT2D eigenvalue weighted by molar-refractivity contribution is 0.124. The van der Waals surface area contributed by atoms with Gasteiger partial charge in [0.05, 0.1) is 0 Å². The van der Waals surface area contributed by atoms with Crippen LogP contribution in [0.25, 0.3) is 0 Å². The summed E-state index contributed by atoms with van der Waals surface area (Å²) in [6.07, 6.45) is 5.05. The second-order valence-corrected chi connectivity index (χ2v) is 7.71. The minimum absolute atomic E-state index is 0.394. The molecule has 0 atom stereocenters. The first-order valence-corrected chi connectivity index (χ1v) is 8.06. The van der Waals surface area contributed by atoms with Crippen LogP contribution >= 0.6 is 0 Å². The Morgan fingerprint density at radius 1 is 1.22 bits per heavy atom. The van der Waals surface area contributed by atoms with Crippen LogP contribution in [0, 0.1) is 5.92 Å². The lowest BCUT2D eigenvalue weighted by Crippen LogP contribution is -2.58. The average molecular weight is 277 g/mol. The van der Waals surface area contributed by atoms with Crippen LogP contribution in [0.1, 0.15) is 39.0 Å². The number of hydrogen-bond acceptors (Lipinski definition) is 3. The monoisotopic (exact) mass is 277 g/mol. The van der Waals surface area contributed by atoms with E-state index in [0.29, 0.717) is 6.54 Å². The summed E-state index contributed by atoms with van der Waals surface area (Å²) in [6, 6.07) is 0. The topological polar surface area (TPSA) is 66.6 Å². The van der Waals surface area contributed by atoms with Gasteiger partial charge in [-0.25, -0.2) is 0 Å². The highest BCUT2D eigenvalue weighted by Crippen LogP contribution is 2.38. The second kappa shape index (κ2) is 5.86. The fraction of sp³-hybridized carbons (Fsp3) is 1.00. The molecule has 0 aromatic carbocycles. The first kappa shape index (κ1) is 15.9. The summed E-state index contributed by atoms with van der Waals surface area (Å²) >= 11 is 0. The molecule has 1 fully saturated rings. The normalized spacial score (nSPS) is 30.1. The van der Waals surface area contributed by atoms with E-state index in [1.54, 1.807) is 21.1 Å². The summed E-state index contributed by atoms with van der Waals surface area (Å²) in [7, 11) is 1.40. The maximum absolute atomic E-state index is 12.2. The lowest BCUT2D eigenvalue weighted by atomic mass is 9.75. The Hall–Kier alpha value is -0.170. The van der Waals surface area contributed by atoms with Gasteiger partial charge in [0.2, 0.25) is 0 Å². The summed E-state index contributed by atoms with van der Waals surface area (Å²) in [4.78, 5) is 0. The van der Waals surface area contributed by atoms with E-state index >= 15 is 0 Å². The number of rotatable bonds is 5. The molecule has 0 saturated heterocycles. The zero-order valence-corrected chi connectivity index (χ0v) is 12.8.